The average molecular weight is 367 g/mol. The predicted octanol–water partition coefficient (Wildman–Crippen LogP) is 2.99. The third kappa shape index (κ3) is 3.94. The third-order valence-corrected chi connectivity index (χ3v) is 3.63. The molecule has 5 nitrogen and oxygen atoms in total. The number of para-hydroxylation sites is 1. The molecule has 0 saturated heterocycles. The number of nitrogens with zero attached hydrogens (tertiary/aromatic N) is 2. The summed E-state index contributed by atoms with van der Waals surface area (Å²) in [6.45, 7) is 0.285. The molecule has 0 aliphatic carbocycles. The molecule has 0 aliphatic rings. The second kappa shape index (κ2) is 8.80. The van der Waals surface area contributed by atoms with Gasteiger partial charge in [-0.2, -0.15) is 0 Å². The quantitative estimate of drug-likeness (QED) is 0.740. The molecule has 1 heterocycles. The first kappa shape index (κ1) is 20.1. The molecule has 3 aromatic rings. The Morgan fingerprint density at radius 1 is 1.00 bits per heavy atom. The van der Waals surface area contributed by atoms with Gasteiger partial charge in [-0.1, -0.05) is 30.3 Å². The highest BCUT2D eigenvalue weighted by Gasteiger charge is 2.16. The van der Waals surface area contributed by atoms with Crippen LogP contribution in [-0.4, -0.2) is 17.1 Å². The molecule has 1 atom stereocenters. The van der Waals surface area contributed by atoms with E-state index in [0.29, 0.717) is 5.82 Å². The van der Waals surface area contributed by atoms with Crippen LogP contribution >= 0.6 is 24.8 Å². The Labute approximate surface area is 153 Å². The van der Waals surface area contributed by atoms with Crippen molar-refractivity contribution in [1.82, 2.24) is 9.97 Å². The summed E-state index contributed by atoms with van der Waals surface area (Å²) in [7, 11) is 1.64. The lowest BCUT2D eigenvalue weighted by atomic mass is 10.0. The van der Waals surface area contributed by atoms with Crippen molar-refractivity contribution in [3.05, 3.63) is 65.6 Å². The molecule has 4 N–H and O–H groups in total. The number of rotatable bonds is 4. The molecule has 1 aromatic heterocycles. The Bertz CT molecular complexity index is 796. The number of methoxy groups -OCH3 is 1. The zero-order chi connectivity index (χ0) is 15.5. The van der Waals surface area contributed by atoms with E-state index in [1.807, 2.05) is 48.5 Å². The number of nitrogens with two attached hydrogens (primary N) is 2. The van der Waals surface area contributed by atoms with E-state index in [9.17, 15) is 0 Å². The van der Waals surface area contributed by atoms with E-state index in [-0.39, 0.29) is 37.4 Å². The van der Waals surface area contributed by atoms with Crippen LogP contribution in [0.4, 0.5) is 0 Å². The maximum absolute atomic E-state index is 6.43. The van der Waals surface area contributed by atoms with E-state index in [4.69, 9.17) is 16.2 Å². The maximum Gasteiger partial charge on any atom is 0.142 e. The van der Waals surface area contributed by atoms with Crippen LogP contribution in [0.2, 0.25) is 0 Å². The van der Waals surface area contributed by atoms with Gasteiger partial charge in [0.25, 0.3) is 0 Å². The number of aromatic nitrogens is 2. The molecule has 128 valence electrons. The van der Waals surface area contributed by atoms with Crippen molar-refractivity contribution in [1.29, 1.82) is 0 Å². The highest BCUT2D eigenvalue weighted by molar-refractivity contribution is 5.85. The fourth-order valence-electron chi connectivity index (χ4n) is 2.45. The zero-order valence-corrected chi connectivity index (χ0v) is 14.8. The van der Waals surface area contributed by atoms with Gasteiger partial charge in [-0.3, -0.25) is 0 Å². The van der Waals surface area contributed by atoms with Gasteiger partial charge in [0.15, 0.2) is 0 Å². The predicted molar refractivity (Wildman–Crippen MR) is 101 cm³/mol. The SMILES string of the molecule is COc1ccc(C(N)c2nc(CN)nc3ccccc23)cc1.Cl.Cl. The lowest BCUT2D eigenvalue weighted by molar-refractivity contribution is 0.414. The van der Waals surface area contributed by atoms with E-state index in [0.717, 1.165) is 27.9 Å². The minimum Gasteiger partial charge on any atom is -0.497 e. The van der Waals surface area contributed by atoms with Crippen LogP contribution in [0.25, 0.3) is 10.9 Å². The van der Waals surface area contributed by atoms with Crippen molar-refractivity contribution in [2.24, 2.45) is 11.5 Å². The van der Waals surface area contributed by atoms with Gasteiger partial charge >= 0.3 is 0 Å². The smallest absolute Gasteiger partial charge is 0.142 e. The number of benzene rings is 2. The molecule has 0 saturated carbocycles. The van der Waals surface area contributed by atoms with Crippen LogP contribution in [0.5, 0.6) is 5.75 Å². The summed E-state index contributed by atoms with van der Waals surface area (Å²) in [4.78, 5) is 8.99. The first-order valence-corrected chi connectivity index (χ1v) is 7.08. The molecule has 1 unspecified atom stereocenters. The Hall–Kier alpha value is -1.92. The summed E-state index contributed by atoms with van der Waals surface area (Å²) in [6.07, 6.45) is 0. The van der Waals surface area contributed by atoms with Crippen LogP contribution in [-0.2, 0) is 6.54 Å². The number of hydrogen-bond acceptors (Lipinski definition) is 5. The summed E-state index contributed by atoms with van der Waals surface area (Å²) >= 11 is 0. The summed E-state index contributed by atoms with van der Waals surface area (Å²) in [5, 5.41) is 0.947. The van der Waals surface area contributed by atoms with E-state index in [1.54, 1.807) is 7.11 Å². The number of fused-ring (bicyclic) bond motifs is 1. The van der Waals surface area contributed by atoms with Gasteiger partial charge in [-0.05, 0) is 23.8 Å². The molecule has 0 fully saturated rings. The molecular formula is C17H20Cl2N4O. The second-order valence-electron chi connectivity index (χ2n) is 5.00. The molecule has 2 aromatic carbocycles. The van der Waals surface area contributed by atoms with Crippen molar-refractivity contribution < 1.29 is 4.74 Å². The molecule has 24 heavy (non-hydrogen) atoms. The van der Waals surface area contributed by atoms with Crippen LogP contribution in [0.1, 0.15) is 23.1 Å². The molecule has 0 radical (unpaired) electrons. The average Bonchev–Trinajstić information content (AvgIpc) is 2.60. The first-order valence-electron chi connectivity index (χ1n) is 7.08. The van der Waals surface area contributed by atoms with Gasteiger partial charge in [-0.15, -0.1) is 24.8 Å². The van der Waals surface area contributed by atoms with Crippen LogP contribution in [0, 0.1) is 0 Å². The molecule has 3 rings (SSSR count). The van der Waals surface area contributed by atoms with Gasteiger partial charge in [0.1, 0.15) is 11.6 Å². The molecule has 0 amide bonds. The number of halogens is 2. The lowest BCUT2D eigenvalue weighted by Crippen LogP contribution is -2.16. The first-order chi connectivity index (χ1) is 10.7. The normalized spacial score (nSPS) is 11.3. The Morgan fingerprint density at radius 2 is 1.67 bits per heavy atom. The van der Waals surface area contributed by atoms with Gasteiger partial charge in [0.2, 0.25) is 0 Å². The van der Waals surface area contributed by atoms with Crippen molar-refractivity contribution in [2.45, 2.75) is 12.6 Å². The third-order valence-electron chi connectivity index (χ3n) is 3.63. The summed E-state index contributed by atoms with van der Waals surface area (Å²) < 4.78 is 5.18. The van der Waals surface area contributed by atoms with E-state index < -0.39 is 0 Å². The van der Waals surface area contributed by atoms with Crippen molar-refractivity contribution in [3.63, 3.8) is 0 Å². The monoisotopic (exact) mass is 366 g/mol. The number of ether oxygens (including phenoxy) is 1. The van der Waals surface area contributed by atoms with Crippen LogP contribution in [0.15, 0.2) is 48.5 Å². The van der Waals surface area contributed by atoms with Crippen molar-refractivity contribution in [3.8, 4) is 5.75 Å². The molecule has 0 bridgehead atoms. The number of hydrogen-bond donors (Lipinski definition) is 2. The van der Waals surface area contributed by atoms with E-state index in [1.165, 1.54) is 0 Å². The topological polar surface area (TPSA) is 87.0 Å². The Morgan fingerprint density at radius 3 is 2.29 bits per heavy atom. The highest BCUT2D eigenvalue weighted by atomic mass is 35.5. The van der Waals surface area contributed by atoms with Crippen molar-refractivity contribution in [2.75, 3.05) is 7.11 Å². The second-order valence-corrected chi connectivity index (χ2v) is 5.00. The van der Waals surface area contributed by atoms with E-state index >= 15 is 0 Å². The van der Waals surface area contributed by atoms with Gasteiger partial charge in [-0.25, -0.2) is 9.97 Å². The van der Waals surface area contributed by atoms with Crippen LogP contribution in [0.3, 0.4) is 0 Å². The summed E-state index contributed by atoms with van der Waals surface area (Å²) in [5.41, 5.74) is 14.7. The zero-order valence-electron chi connectivity index (χ0n) is 13.2. The maximum atomic E-state index is 6.43. The lowest BCUT2D eigenvalue weighted by Gasteiger charge is -2.15. The minimum absolute atomic E-state index is 0. The Balaban J connectivity index is 0.00000144. The molecule has 0 aliphatic heterocycles. The van der Waals surface area contributed by atoms with Gasteiger partial charge < -0.3 is 16.2 Å². The van der Waals surface area contributed by atoms with E-state index in [2.05, 4.69) is 9.97 Å². The fraction of sp³-hybridized carbons (Fsp3) is 0.176. The van der Waals surface area contributed by atoms with Gasteiger partial charge in [0.05, 0.1) is 30.9 Å². The van der Waals surface area contributed by atoms with Gasteiger partial charge in [0, 0.05) is 5.39 Å². The standard InChI is InChI=1S/C17H18N4O.2ClH/c1-22-12-8-6-11(7-9-12)16(19)17-13-4-2-3-5-14(13)20-15(10-18)21-17;;/h2-9,16H,10,18-19H2,1H3;2*1H. The summed E-state index contributed by atoms with van der Waals surface area (Å²) in [5.74, 6) is 1.39. The molecule has 7 heteroatoms. The molecule has 0 spiro atoms. The minimum atomic E-state index is -0.343. The fourth-order valence-corrected chi connectivity index (χ4v) is 2.45. The largest absolute Gasteiger partial charge is 0.497 e. The van der Waals surface area contributed by atoms with Crippen LogP contribution < -0.4 is 16.2 Å². The molecular weight excluding hydrogens is 347 g/mol. The summed E-state index contributed by atoms with van der Waals surface area (Å²) in [6, 6.07) is 15.2. The van der Waals surface area contributed by atoms with Crippen molar-refractivity contribution >= 4 is 35.7 Å². The highest BCUT2D eigenvalue weighted by Crippen LogP contribution is 2.26. The Kier molecular flexibility index (Phi) is 7.38.